The molecule has 0 spiro atoms. The van der Waals surface area contributed by atoms with Crippen molar-refractivity contribution >= 4 is 45.3 Å². The molecule has 0 aliphatic carbocycles. The van der Waals surface area contributed by atoms with Gasteiger partial charge in [-0.15, -0.1) is 21.5 Å². The Bertz CT molecular complexity index is 452. The molecule has 6 heteroatoms. The van der Waals surface area contributed by atoms with Crippen LogP contribution in [0.5, 0.6) is 0 Å². The Morgan fingerprint density at radius 3 is 3.00 bits per heavy atom. The molecule has 1 N–H and O–H groups in total. The van der Waals surface area contributed by atoms with Crippen molar-refractivity contribution in [1.29, 1.82) is 0 Å². The van der Waals surface area contributed by atoms with Gasteiger partial charge < -0.3 is 5.32 Å². The van der Waals surface area contributed by atoms with Gasteiger partial charge in [0.15, 0.2) is 0 Å². The predicted octanol–water partition coefficient (Wildman–Crippen LogP) is 3.37. The molecule has 2 rings (SSSR count). The third-order valence-electron chi connectivity index (χ3n) is 1.98. The van der Waals surface area contributed by atoms with E-state index < -0.39 is 0 Å². The third kappa shape index (κ3) is 3.22. The topological polar surface area (TPSA) is 37.8 Å². The molecular formula is C10H12IN3S2. The maximum atomic E-state index is 4.21. The molecule has 2 heterocycles. The molecule has 16 heavy (non-hydrogen) atoms. The lowest BCUT2D eigenvalue weighted by molar-refractivity contribution is 0.668. The molecule has 0 bridgehead atoms. The van der Waals surface area contributed by atoms with Crippen LogP contribution >= 0.6 is 45.3 Å². The Kier molecular flexibility index (Phi) is 4.68. The molecule has 0 amide bonds. The first-order valence-electron chi connectivity index (χ1n) is 5.07. The quantitative estimate of drug-likeness (QED) is 0.652. The highest BCUT2D eigenvalue weighted by Gasteiger charge is 2.07. The van der Waals surface area contributed by atoms with Crippen LogP contribution in [0, 0.1) is 2.88 Å². The summed E-state index contributed by atoms with van der Waals surface area (Å²) in [5.74, 6) is 0. The second kappa shape index (κ2) is 6.04. The number of hydrogen-bond acceptors (Lipinski definition) is 5. The van der Waals surface area contributed by atoms with Crippen LogP contribution in [0.15, 0.2) is 11.4 Å². The zero-order valence-electron chi connectivity index (χ0n) is 8.86. The molecule has 0 fully saturated rings. The fraction of sp³-hybridized carbons (Fsp3) is 0.400. The lowest BCUT2D eigenvalue weighted by Gasteiger charge is -1.96. The fourth-order valence-corrected chi connectivity index (χ4v) is 3.44. The minimum atomic E-state index is 0.826. The van der Waals surface area contributed by atoms with Crippen LogP contribution in [0.4, 0.5) is 0 Å². The van der Waals surface area contributed by atoms with Gasteiger partial charge >= 0.3 is 0 Å². The van der Waals surface area contributed by atoms with Crippen LogP contribution in [0.1, 0.15) is 18.4 Å². The minimum Gasteiger partial charge on any atom is -0.310 e. The molecule has 0 radical (unpaired) electrons. The zero-order chi connectivity index (χ0) is 11.4. The highest BCUT2D eigenvalue weighted by atomic mass is 127. The predicted molar refractivity (Wildman–Crippen MR) is 77.9 cm³/mol. The first-order chi connectivity index (χ1) is 7.79. The normalized spacial score (nSPS) is 10.9. The summed E-state index contributed by atoms with van der Waals surface area (Å²) in [5, 5.41) is 15.9. The molecule has 2 aromatic heterocycles. The van der Waals surface area contributed by atoms with Crippen LogP contribution in [0.3, 0.4) is 0 Å². The minimum absolute atomic E-state index is 0.826. The SMILES string of the molecule is CCCNCc1nnc(-c2csc(I)c2)s1. The van der Waals surface area contributed by atoms with Gasteiger partial charge in [0.1, 0.15) is 10.0 Å². The number of nitrogens with zero attached hydrogens (tertiary/aromatic N) is 2. The van der Waals surface area contributed by atoms with Crippen molar-refractivity contribution in [2.24, 2.45) is 0 Å². The van der Waals surface area contributed by atoms with E-state index in [1.165, 1.54) is 8.45 Å². The van der Waals surface area contributed by atoms with E-state index in [2.05, 4.69) is 56.5 Å². The maximum Gasteiger partial charge on any atom is 0.148 e. The lowest BCUT2D eigenvalue weighted by atomic mass is 10.4. The van der Waals surface area contributed by atoms with Gasteiger partial charge in [-0.3, -0.25) is 0 Å². The van der Waals surface area contributed by atoms with Crippen molar-refractivity contribution in [2.45, 2.75) is 19.9 Å². The Balaban J connectivity index is 2.02. The van der Waals surface area contributed by atoms with E-state index in [4.69, 9.17) is 0 Å². The van der Waals surface area contributed by atoms with Crippen molar-refractivity contribution in [1.82, 2.24) is 15.5 Å². The van der Waals surface area contributed by atoms with Crippen molar-refractivity contribution in [3.8, 4) is 10.6 Å². The number of nitrogens with one attached hydrogen (secondary N) is 1. The van der Waals surface area contributed by atoms with E-state index in [0.717, 1.165) is 29.5 Å². The van der Waals surface area contributed by atoms with Crippen molar-refractivity contribution < 1.29 is 0 Å². The molecule has 0 saturated heterocycles. The van der Waals surface area contributed by atoms with Gasteiger partial charge in [-0.25, -0.2) is 0 Å². The summed E-state index contributed by atoms with van der Waals surface area (Å²) in [4.78, 5) is 0. The molecule has 0 saturated carbocycles. The molecule has 0 aliphatic heterocycles. The summed E-state index contributed by atoms with van der Waals surface area (Å²) in [6.45, 7) is 4.02. The number of thiophene rings is 1. The Morgan fingerprint density at radius 1 is 1.44 bits per heavy atom. The third-order valence-corrected chi connectivity index (χ3v) is 4.75. The smallest absolute Gasteiger partial charge is 0.148 e. The summed E-state index contributed by atoms with van der Waals surface area (Å²) in [7, 11) is 0. The number of hydrogen-bond donors (Lipinski definition) is 1. The van der Waals surface area contributed by atoms with Gasteiger partial charge in [0.05, 0.1) is 2.88 Å². The van der Waals surface area contributed by atoms with E-state index >= 15 is 0 Å². The van der Waals surface area contributed by atoms with Crippen molar-refractivity contribution in [2.75, 3.05) is 6.54 Å². The second-order valence-corrected chi connectivity index (χ2v) is 7.18. The van der Waals surface area contributed by atoms with Gasteiger partial charge in [-0.2, -0.15) is 0 Å². The Morgan fingerprint density at radius 2 is 2.31 bits per heavy atom. The second-order valence-electron chi connectivity index (χ2n) is 3.32. The van der Waals surface area contributed by atoms with E-state index in [-0.39, 0.29) is 0 Å². The van der Waals surface area contributed by atoms with Crippen LogP contribution < -0.4 is 5.32 Å². The largest absolute Gasteiger partial charge is 0.310 e. The number of rotatable bonds is 5. The molecule has 0 aromatic carbocycles. The standard InChI is InChI=1S/C10H12IN3S2/c1-2-3-12-5-9-13-14-10(16-9)7-4-8(11)15-6-7/h4,6,12H,2-3,5H2,1H3. The average Bonchev–Trinajstić information content (AvgIpc) is 2.87. The maximum absolute atomic E-state index is 4.21. The van der Waals surface area contributed by atoms with Crippen LogP contribution in [0.2, 0.25) is 0 Å². The first-order valence-corrected chi connectivity index (χ1v) is 7.84. The highest BCUT2D eigenvalue weighted by molar-refractivity contribution is 14.1. The van der Waals surface area contributed by atoms with Gasteiger partial charge in [0.2, 0.25) is 0 Å². The molecule has 2 aromatic rings. The molecule has 0 aliphatic rings. The van der Waals surface area contributed by atoms with Crippen molar-refractivity contribution in [3.63, 3.8) is 0 Å². The highest BCUT2D eigenvalue weighted by Crippen LogP contribution is 2.28. The Labute approximate surface area is 116 Å². The van der Waals surface area contributed by atoms with Crippen LogP contribution in [0.25, 0.3) is 10.6 Å². The average molecular weight is 365 g/mol. The van der Waals surface area contributed by atoms with Gasteiger partial charge in [0.25, 0.3) is 0 Å². The lowest BCUT2D eigenvalue weighted by Crippen LogP contribution is -2.13. The summed E-state index contributed by atoms with van der Waals surface area (Å²) in [6.07, 6.45) is 1.15. The van der Waals surface area contributed by atoms with Gasteiger partial charge in [0, 0.05) is 17.5 Å². The van der Waals surface area contributed by atoms with Gasteiger partial charge in [-0.1, -0.05) is 18.3 Å². The molecule has 86 valence electrons. The first kappa shape index (κ1) is 12.4. The monoisotopic (exact) mass is 365 g/mol. The van der Waals surface area contributed by atoms with Crippen molar-refractivity contribution in [3.05, 3.63) is 19.3 Å². The zero-order valence-corrected chi connectivity index (χ0v) is 12.7. The van der Waals surface area contributed by atoms with E-state index in [1.54, 1.807) is 22.7 Å². The van der Waals surface area contributed by atoms with Crippen LogP contribution in [-0.2, 0) is 6.54 Å². The fourth-order valence-electron chi connectivity index (χ4n) is 1.24. The van der Waals surface area contributed by atoms with E-state index in [9.17, 15) is 0 Å². The summed E-state index contributed by atoms with van der Waals surface area (Å²) in [5.41, 5.74) is 1.19. The molecule has 0 atom stereocenters. The number of aromatic nitrogens is 2. The summed E-state index contributed by atoms with van der Waals surface area (Å²) < 4.78 is 1.29. The summed E-state index contributed by atoms with van der Waals surface area (Å²) in [6, 6.07) is 2.15. The van der Waals surface area contributed by atoms with Gasteiger partial charge in [-0.05, 0) is 41.6 Å². The summed E-state index contributed by atoms with van der Waals surface area (Å²) >= 11 is 5.73. The molecule has 3 nitrogen and oxygen atoms in total. The van der Waals surface area contributed by atoms with Crippen LogP contribution in [-0.4, -0.2) is 16.7 Å². The Hall–Kier alpha value is -0.0500. The van der Waals surface area contributed by atoms with E-state index in [1.807, 2.05) is 0 Å². The molecule has 0 unspecified atom stereocenters. The van der Waals surface area contributed by atoms with E-state index in [0.29, 0.717) is 0 Å². The number of halogens is 1. The molecular weight excluding hydrogens is 353 g/mol.